The van der Waals surface area contributed by atoms with E-state index in [4.69, 9.17) is 97.5 Å². The van der Waals surface area contributed by atoms with Gasteiger partial charge in [-0.3, -0.25) is 19.2 Å². The zero-order valence-corrected chi connectivity index (χ0v) is 58.9. The summed E-state index contributed by atoms with van der Waals surface area (Å²) in [5.74, 6) is -1.21. The Morgan fingerprint density at radius 1 is 0.426 bits per heavy atom. The number of allylic oxidation sites excluding steroid dienone is 4. The quantitative estimate of drug-likeness (QED) is 0.0107. The third-order valence-electron chi connectivity index (χ3n) is 7.46. The van der Waals surface area contributed by atoms with Gasteiger partial charge in [0.2, 0.25) is 23.6 Å². The van der Waals surface area contributed by atoms with Crippen LogP contribution in [0.2, 0.25) is 0 Å². The summed E-state index contributed by atoms with van der Waals surface area (Å²) in [6.07, 6.45) is 10.2. The Bertz CT molecular complexity index is 2110. The van der Waals surface area contributed by atoms with E-state index in [0.29, 0.717) is 62.5 Å². The first-order valence-electron chi connectivity index (χ1n) is 24.8. The van der Waals surface area contributed by atoms with Crippen molar-refractivity contribution in [2.45, 2.75) is 27.7 Å². The van der Waals surface area contributed by atoms with Crippen LogP contribution in [0.15, 0.2) is 145 Å². The van der Waals surface area contributed by atoms with Gasteiger partial charge in [-0.25, -0.2) is 19.9 Å². The summed E-state index contributed by atoms with van der Waals surface area (Å²) in [4.78, 5) is 79.3. The van der Waals surface area contributed by atoms with E-state index in [1.54, 1.807) is 107 Å². The summed E-state index contributed by atoms with van der Waals surface area (Å²) < 4.78 is 0. The van der Waals surface area contributed by atoms with Gasteiger partial charge < -0.3 is 123 Å². The molecule has 2 radical (unpaired) electrons. The van der Waals surface area contributed by atoms with Crippen LogP contribution in [0.25, 0.3) is 0 Å². The Morgan fingerprint density at radius 2 is 0.585 bits per heavy atom. The van der Waals surface area contributed by atoms with E-state index in [-0.39, 0.29) is 142 Å². The predicted molar refractivity (Wildman–Crippen MR) is 323 cm³/mol. The fourth-order valence-electron chi connectivity index (χ4n) is 4.60. The molecule has 0 aliphatic carbocycles. The van der Waals surface area contributed by atoms with Gasteiger partial charge in [-0.05, 0) is 99.0 Å². The molecule has 42 heteroatoms. The standard InChI is InChI=1S/4C9H10N2O2.2C6H13NO3.2CH2Cl2.2CH4O.4Mn.2NO3/c4*1-7(12)6-9(13)11-8-4-2-3-5-10-8;2*8-4-1-7(2-5-9)3-6-10;2*2-1-3;2*1-2;;;;;2*2-1(3)4/h4*2-6,12H,1H3,(H,10,11,13);2*8H,1-6H2;2*1H2;2*2H,1H3;;;;;;/q;;;;2*-2;;;;;2*+2;2*+3;2*-1/p-4/b4*7-6-;;;;;;;;;;;;. The second-order valence-electron chi connectivity index (χ2n) is 14.4. The van der Waals surface area contributed by atoms with Crippen LogP contribution < -0.4 is 62.1 Å². The van der Waals surface area contributed by atoms with Gasteiger partial charge in [-0.2, -0.15) is 0 Å². The second kappa shape index (κ2) is 91.1. The SMILES string of the molecule is C/C([O-])=C/C(=O)Nc1ccccn1.C/C([O-])=C/C(=O)Nc1ccccn1.C/C([O-])=C/C(=O)Nc1ccccn1.C/C([O-])=C/C(=O)Nc1ccccn1.CO.CO.ClCCl.ClCCl.O=[N+]([O-])[O-].O=[N+]([O-])[O-].[Mn+2].[Mn+2].[Mn+3].[Mn+3].[O-]CCN(CC[O-])CCO.[O-]CCN(CC[O-])CCO. The Balaban J connectivity index is -0.0000000811. The molecule has 4 rings (SSSR count). The molecule has 0 bridgehead atoms. The summed E-state index contributed by atoms with van der Waals surface area (Å²) in [5, 5.41) is 153. The zero-order chi connectivity index (χ0) is 70.9. The molecule has 94 heavy (non-hydrogen) atoms. The van der Waals surface area contributed by atoms with E-state index in [1.165, 1.54) is 27.7 Å². The molecule has 0 unspecified atom stereocenters. The smallest absolute Gasteiger partial charge is 0.875 e. The normalized spacial score (nSPS) is 9.40. The number of aliphatic hydroxyl groups is 4. The van der Waals surface area contributed by atoms with Gasteiger partial charge in [0, 0.05) is 52.1 Å². The Kier molecular flexibility index (Phi) is 112. The average molecular weight is 1580 g/mol. The largest absolute Gasteiger partial charge is 3.00 e. The van der Waals surface area contributed by atoms with Crippen LogP contribution in [-0.2, 0) is 87.5 Å². The monoisotopic (exact) mass is 1580 g/mol. The van der Waals surface area contributed by atoms with Crippen LogP contribution in [0.4, 0.5) is 23.3 Å². The summed E-state index contributed by atoms with van der Waals surface area (Å²) in [7, 11) is 2.00. The van der Waals surface area contributed by atoms with Crippen molar-refractivity contribution in [1.82, 2.24) is 29.7 Å². The third-order valence-corrected chi connectivity index (χ3v) is 7.46. The Morgan fingerprint density at radius 3 is 0.691 bits per heavy atom. The summed E-state index contributed by atoms with van der Waals surface area (Å²) >= 11 is 19.1. The number of nitrogens with zero attached hydrogens (tertiary/aromatic N) is 8. The number of aromatic nitrogens is 4. The van der Waals surface area contributed by atoms with E-state index in [9.17, 15) is 60.0 Å². The molecule has 0 fully saturated rings. The number of amides is 4. The molecule has 0 saturated carbocycles. The maximum atomic E-state index is 11.0. The van der Waals surface area contributed by atoms with Gasteiger partial charge in [0.25, 0.3) is 0 Å². The number of anilines is 4. The maximum Gasteiger partial charge on any atom is 3.00 e. The molecule has 0 spiro atoms. The number of nitrogens with one attached hydrogen (secondary N) is 4. The molecule has 8 N–H and O–H groups in total. The van der Waals surface area contributed by atoms with E-state index < -0.39 is 33.8 Å². The summed E-state index contributed by atoms with van der Waals surface area (Å²) in [6.45, 7) is 6.79. The molecule has 0 aromatic carbocycles. The number of hydrogen-bond donors (Lipinski definition) is 8. The number of hydrogen-bond acceptors (Lipinski definition) is 28. The van der Waals surface area contributed by atoms with Gasteiger partial charge in [0.15, 0.2) is 0 Å². The van der Waals surface area contributed by atoms with Crippen LogP contribution in [0, 0.1) is 30.6 Å². The van der Waals surface area contributed by atoms with E-state index in [2.05, 4.69) is 41.2 Å². The van der Waals surface area contributed by atoms with Crippen molar-refractivity contribution in [3.63, 3.8) is 0 Å². The van der Waals surface area contributed by atoms with Crippen molar-refractivity contribution >= 4 is 93.3 Å². The molecule has 0 aliphatic heterocycles. The van der Waals surface area contributed by atoms with Gasteiger partial charge in [-0.1, -0.05) is 52.0 Å². The zero-order valence-electron chi connectivity index (χ0n) is 51.2. The van der Waals surface area contributed by atoms with Gasteiger partial charge >= 0.3 is 68.3 Å². The third kappa shape index (κ3) is 107. The minimum Gasteiger partial charge on any atom is -0.875 e. The molecule has 4 amide bonds. The van der Waals surface area contributed by atoms with Gasteiger partial charge in [0.1, 0.15) is 23.3 Å². The molecular weight excluding hydrogens is 1510 g/mol. The van der Waals surface area contributed by atoms with Crippen molar-refractivity contribution < 1.29 is 159 Å². The molecular formula is C52H74Cl4Mn4N12O22. The number of carbonyl (C=O) groups is 4. The first-order chi connectivity index (χ1) is 42.7. The predicted octanol–water partition coefficient (Wildman–Crippen LogP) is -3.29. The molecule has 0 aliphatic rings. The second-order valence-corrected chi connectivity index (χ2v) is 16.0. The summed E-state index contributed by atoms with van der Waals surface area (Å²) in [6, 6.07) is 20.5. The van der Waals surface area contributed by atoms with Crippen LogP contribution in [-0.4, -0.2) is 188 Å². The van der Waals surface area contributed by atoms with Crippen molar-refractivity contribution in [3.8, 4) is 0 Å². The number of carbonyl (C=O) groups excluding carboxylic acids is 4. The Hall–Kier alpha value is -6.12. The number of pyridine rings is 4. The molecule has 530 valence electrons. The van der Waals surface area contributed by atoms with E-state index in [1.807, 2.05) is 0 Å². The minimum absolute atomic E-state index is 0. The molecule has 4 aromatic rings. The van der Waals surface area contributed by atoms with Gasteiger partial charge in [-0.15, -0.1) is 95.9 Å². The number of aliphatic hydroxyl groups excluding tert-OH is 4. The maximum absolute atomic E-state index is 11.0. The van der Waals surface area contributed by atoms with Crippen LogP contribution >= 0.6 is 46.4 Å². The first-order valence-corrected chi connectivity index (χ1v) is 26.9. The van der Waals surface area contributed by atoms with Crippen LogP contribution in [0.1, 0.15) is 27.7 Å². The molecule has 0 atom stereocenters. The van der Waals surface area contributed by atoms with E-state index >= 15 is 0 Å². The van der Waals surface area contributed by atoms with Gasteiger partial charge in [0.05, 0.1) is 34.1 Å². The molecule has 4 heterocycles. The molecule has 34 nitrogen and oxygen atoms in total. The number of rotatable bonds is 20. The minimum atomic E-state index is -1.75. The van der Waals surface area contributed by atoms with Crippen molar-refractivity contribution in [3.05, 3.63) is 176 Å². The van der Waals surface area contributed by atoms with Crippen molar-refractivity contribution in [2.75, 3.05) is 125 Å². The fraction of sp³-hybridized carbons (Fsp3) is 0.385. The number of alkyl halides is 4. The first kappa shape index (κ1) is 115. The van der Waals surface area contributed by atoms with Crippen LogP contribution in [0.5, 0.6) is 0 Å². The summed E-state index contributed by atoms with van der Waals surface area (Å²) in [5.41, 5.74) is 0. The Labute approximate surface area is 606 Å². The number of halogens is 4. The fourth-order valence-corrected chi connectivity index (χ4v) is 4.60. The molecule has 4 aromatic heterocycles. The topological polar surface area (TPSA) is 572 Å². The van der Waals surface area contributed by atoms with Crippen LogP contribution in [0.3, 0.4) is 0 Å². The molecule has 0 saturated heterocycles. The van der Waals surface area contributed by atoms with Crippen molar-refractivity contribution in [2.24, 2.45) is 0 Å². The van der Waals surface area contributed by atoms with Crippen molar-refractivity contribution in [1.29, 1.82) is 0 Å². The van der Waals surface area contributed by atoms with E-state index in [0.717, 1.165) is 38.5 Å². The average Bonchev–Trinajstić information content (AvgIpc) is 2.44.